The van der Waals surface area contributed by atoms with Crippen molar-refractivity contribution in [2.75, 3.05) is 7.11 Å². The van der Waals surface area contributed by atoms with E-state index in [0.29, 0.717) is 12.0 Å². The van der Waals surface area contributed by atoms with Crippen molar-refractivity contribution in [2.45, 2.75) is 40.5 Å². The third kappa shape index (κ3) is 3.13. The van der Waals surface area contributed by atoms with Gasteiger partial charge in [0.1, 0.15) is 0 Å². The van der Waals surface area contributed by atoms with E-state index < -0.39 is 0 Å². The number of nitro groups is 1. The van der Waals surface area contributed by atoms with Gasteiger partial charge in [0, 0.05) is 18.1 Å². The minimum absolute atomic E-state index is 0.156. The fourth-order valence-corrected chi connectivity index (χ4v) is 2.21. The van der Waals surface area contributed by atoms with Gasteiger partial charge in [-0.25, -0.2) is 0 Å². The Hall–Kier alpha value is -1.84. The van der Waals surface area contributed by atoms with Crippen molar-refractivity contribution in [1.82, 2.24) is 0 Å². The van der Waals surface area contributed by atoms with Gasteiger partial charge in [0.15, 0.2) is 0 Å². The van der Waals surface area contributed by atoms with E-state index in [4.69, 9.17) is 4.74 Å². The average molecular weight is 263 g/mol. The number of methoxy groups -OCH3 is 1. The summed E-state index contributed by atoms with van der Waals surface area (Å²) in [4.78, 5) is 10.9. The molecular weight excluding hydrogens is 242 g/mol. The summed E-state index contributed by atoms with van der Waals surface area (Å²) >= 11 is 0. The fraction of sp³-hybridized carbons (Fsp3) is 0.467. The Kier molecular flexibility index (Phi) is 5.10. The summed E-state index contributed by atoms with van der Waals surface area (Å²) in [6.07, 6.45) is 1.43. The zero-order chi connectivity index (χ0) is 14.6. The molecule has 0 aliphatic carbocycles. The van der Waals surface area contributed by atoms with Gasteiger partial charge < -0.3 is 4.74 Å². The molecule has 0 amide bonds. The summed E-state index contributed by atoms with van der Waals surface area (Å²) in [7, 11) is 1.61. The predicted molar refractivity (Wildman–Crippen MR) is 77.1 cm³/mol. The number of nitrogens with zero attached hydrogens (tertiary/aromatic N) is 1. The predicted octanol–water partition coefficient (Wildman–Crippen LogP) is 4.39. The van der Waals surface area contributed by atoms with Crippen LogP contribution in [0, 0.1) is 24.0 Å². The van der Waals surface area contributed by atoms with Crippen molar-refractivity contribution in [3.63, 3.8) is 0 Å². The van der Waals surface area contributed by atoms with Gasteiger partial charge in [0.25, 0.3) is 5.69 Å². The highest BCUT2D eigenvalue weighted by molar-refractivity contribution is 5.75. The van der Waals surface area contributed by atoms with Gasteiger partial charge in [-0.15, -0.1) is 0 Å². The van der Waals surface area contributed by atoms with Crippen LogP contribution < -0.4 is 0 Å². The molecule has 0 aliphatic rings. The van der Waals surface area contributed by atoms with E-state index in [1.54, 1.807) is 13.2 Å². The highest BCUT2D eigenvalue weighted by Crippen LogP contribution is 2.33. The first-order chi connectivity index (χ1) is 8.96. The van der Waals surface area contributed by atoms with Gasteiger partial charge in [0.2, 0.25) is 0 Å². The van der Waals surface area contributed by atoms with Crippen LogP contribution in [0.2, 0.25) is 0 Å². The molecule has 4 heteroatoms. The first kappa shape index (κ1) is 15.2. The maximum atomic E-state index is 11.2. The van der Waals surface area contributed by atoms with E-state index in [2.05, 4.69) is 0 Å². The fourth-order valence-electron chi connectivity index (χ4n) is 2.21. The molecule has 104 valence electrons. The van der Waals surface area contributed by atoms with Gasteiger partial charge >= 0.3 is 0 Å². The van der Waals surface area contributed by atoms with E-state index in [-0.39, 0.29) is 10.6 Å². The van der Waals surface area contributed by atoms with Gasteiger partial charge in [-0.05, 0) is 37.5 Å². The average Bonchev–Trinajstić information content (AvgIpc) is 2.38. The van der Waals surface area contributed by atoms with E-state index in [1.807, 2.05) is 33.8 Å². The quantitative estimate of drug-likeness (QED) is 0.449. The minimum atomic E-state index is -0.319. The number of allylic oxidation sites excluding steroid dienone is 2. The Morgan fingerprint density at radius 1 is 1.21 bits per heavy atom. The first-order valence-corrected chi connectivity index (χ1v) is 6.48. The van der Waals surface area contributed by atoms with Crippen LogP contribution >= 0.6 is 0 Å². The zero-order valence-electron chi connectivity index (χ0n) is 12.2. The molecule has 0 bridgehead atoms. The molecule has 0 N–H and O–H groups in total. The molecule has 1 rings (SSSR count). The summed E-state index contributed by atoms with van der Waals surface area (Å²) < 4.78 is 5.37. The number of hydrogen-bond acceptors (Lipinski definition) is 3. The molecule has 0 spiro atoms. The van der Waals surface area contributed by atoms with Gasteiger partial charge in [-0.3, -0.25) is 10.1 Å². The number of ether oxygens (including phenoxy) is 1. The monoisotopic (exact) mass is 263 g/mol. The van der Waals surface area contributed by atoms with Crippen LogP contribution in [0.25, 0.3) is 5.57 Å². The van der Waals surface area contributed by atoms with Crippen LogP contribution in [-0.4, -0.2) is 12.0 Å². The van der Waals surface area contributed by atoms with Crippen LogP contribution in [0.4, 0.5) is 5.69 Å². The lowest BCUT2D eigenvalue weighted by Crippen LogP contribution is -2.00. The SMILES string of the molecule is CCC(OC)=C(CC)c1cc(C)c(C)cc1[N+](=O)[O-]. The molecule has 0 unspecified atom stereocenters. The second kappa shape index (κ2) is 6.36. The molecule has 0 heterocycles. The maximum absolute atomic E-state index is 11.2. The Morgan fingerprint density at radius 3 is 2.21 bits per heavy atom. The largest absolute Gasteiger partial charge is 0.501 e. The Bertz CT molecular complexity index is 512. The highest BCUT2D eigenvalue weighted by atomic mass is 16.6. The molecule has 0 aromatic heterocycles. The third-order valence-corrected chi connectivity index (χ3v) is 3.39. The number of hydrogen-bond donors (Lipinski definition) is 0. The second-order valence-corrected chi connectivity index (χ2v) is 4.52. The summed E-state index contributed by atoms with van der Waals surface area (Å²) in [6.45, 7) is 7.83. The Labute approximate surface area is 114 Å². The Balaban J connectivity index is 3.59. The smallest absolute Gasteiger partial charge is 0.277 e. The van der Waals surface area contributed by atoms with Gasteiger partial charge in [0.05, 0.1) is 23.4 Å². The number of nitro benzene ring substituents is 1. The second-order valence-electron chi connectivity index (χ2n) is 4.52. The molecule has 0 saturated carbocycles. The summed E-state index contributed by atoms with van der Waals surface area (Å²) in [6, 6.07) is 3.53. The van der Waals surface area contributed by atoms with E-state index >= 15 is 0 Å². The lowest BCUT2D eigenvalue weighted by molar-refractivity contribution is -0.385. The number of benzene rings is 1. The normalized spacial score (nSPS) is 12.1. The minimum Gasteiger partial charge on any atom is -0.501 e. The molecule has 0 atom stereocenters. The summed E-state index contributed by atoms with van der Waals surface area (Å²) in [5.74, 6) is 0.814. The lowest BCUT2D eigenvalue weighted by atomic mass is 9.95. The van der Waals surface area contributed by atoms with Crippen LogP contribution in [0.3, 0.4) is 0 Å². The van der Waals surface area contributed by atoms with Crippen LogP contribution in [0.5, 0.6) is 0 Å². The highest BCUT2D eigenvalue weighted by Gasteiger charge is 2.20. The zero-order valence-corrected chi connectivity index (χ0v) is 12.2. The number of aryl methyl sites for hydroxylation is 2. The van der Waals surface area contributed by atoms with E-state index in [1.165, 1.54) is 0 Å². The van der Waals surface area contributed by atoms with Crippen molar-refractivity contribution in [1.29, 1.82) is 0 Å². The van der Waals surface area contributed by atoms with Crippen molar-refractivity contribution in [3.05, 3.63) is 44.7 Å². The molecule has 0 fully saturated rings. The topological polar surface area (TPSA) is 52.4 Å². The first-order valence-electron chi connectivity index (χ1n) is 6.48. The maximum Gasteiger partial charge on any atom is 0.277 e. The van der Waals surface area contributed by atoms with Crippen LogP contribution in [0.1, 0.15) is 43.4 Å². The van der Waals surface area contributed by atoms with Crippen LogP contribution in [-0.2, 0) is 4.74 Å². The number of rotatable bonds is 5. The molecule has 0 saturated heterocycles. The van der Waals surface area contributed by atoms with Gasteiger partial charge in [-0.2, -0.15) is 0 Å². The molecule has 0 radical (unpaired) electrons. The van der Waals surface area contributed by atoms with Crippen molar-refractivity contribution < 1.29 is 9.66 Å². The van der Waals surface area contributed by atoms with Gasteiger partial charge in [-0.1, -0.05) is 13.8 Å². The van der Waals surface area contributed by atoms with Crippen molar-refractivity contribution >= 4 is 11.3 Å². The van der Waals surface area contributed by atoms with Crippen LogP contribution in [0.15, 0.2) is 17.9 Å². The van der Waals surface area contributed by atoms with Crippen molar-refractivity contribution in [3.8, 4) is 0 Å². The molecule has 4 nitrogen and oxygen atoms in total. The lowest BCUT2D eigenvalue weighted by Gasteiger charge is -2.14. The summed E-state index contributed by atoms with van der Waals surface area (Å²) in [5, 5.41) is 11.2. The Morgan fingerprint density at radius 2 is 1.79 bits per heavy atom. The standard InChI is InChI=1S/C15H21NO3/c1-6-12(15(7-2)19-5)13-8-10(3)11(4)9-14(13)16(17)18/h8-9H,6-7H2,1-5H3. The molecular formula is C15H21NO3. The molecule has 0 aliphatic heterocycles. The molecule has 19 heavy (non-hydrogen) atoms. The molecule has 1 aromatic carbocycles. The van der Waals surface area contributed by atoms with Crippen molar-refractivity contribution in [2.24, 2.45) is 0 Å². The third-order valence-electron chi connectivity index (χ3n) is 3.39. The summed E-state index contributed by atoms with van der Waals surface area (Å²) in [5.41, 5.74) is 3.73. The molecule has 1 aromatic rings. The van der Waals surface area contributed by atoms with E-state index in [0.717, 1.165) is 28.9 Å². The van der Waals surface area contributed by atoms with E-state index in [9.17, 15) is 10.1 Å².